The monoisotopic (exact) mass is 303 g/mol. The summed E-state index contributed by atoms with van der Waals surface area (Å²) in [4.78, 5) is 4.53. The van der Waals surface area contributed by atoms with Crippen molar-refractivity contribution in [2.75, 3.05) is 14.2 Å². The molecule has 1 aliphatic carbocycles. The van der Waals surface area contributed by atoms with Crippen molar-refractivity contribution < 1.29 is 14.0 Å². The topological polar surface area (TPSA) is 83.4 Å². The van der Waals surface area contributed by atoms with Gasteiger partial charge >= 0.3 is 0 Å². The van der Waals surface area contributed by atoms with Gasteiger partial charge in [-0.3, -0.25) is 0 Å². The maximum atomic E-state index is 6.38. The normalized spacial score (nSPS) is 16.7. The van der Waals surface area contributed by atoms with Crippen LogP contribution < -0.4 is 15.2 Å². The van der Waals surface area contributed by atoms with Crippen molar-refractivity contribution in [3.05, 3.63) is 23.5 Å². The minimum absolute atomic E-state index is 0.452. The zero-order valence-corrected chi connectivity index (χ0v) is 13.2. The maximum absolute atomic E-state index is 6.38. The summed E-state index contributed by atoms with van der Waals surface area (Å²) in [7, 11) is 3.21. The molecule has 1 heterocycles. The smallest absolute Gasteiger partial charge is 0.258 e. The molecule has 1 fully saturated rings. The number of hydrogen-bond acceptors (Lipinski definition) is 6. The first-order valence-electron chi connectivity index (χ1n) is 7.43. The van der Waals surface area contributed by atoms with E-state index in [1.54, 1.807) is 14.2 Å². The summed E-state index contributed by atoms with van der Waals surface area (Å²) in [6.07, 6.45) is 4.01. The average Bonchev–Trinajstić information content (AvgIpc) is 3.17. The second-order valence-electron chi connectivity index (χ2n) is 5.81. The summed E-state index contributed by atoms with van der Waals surface area (Å²) in [5.74, 6) is 2.36. The van der Waals surface area contributed by atoms with Crippen LogP contribution in [0.25, 0.3) is 11.5 Å². The van der Waals surface area contributed by atoms with Crippen molar-refractivity contribution >= 4 is 0 Å². The van der Waals surface area contributed by atoms with Crippen LogP contribution in [-0.4, -0.2) is 24.4 Å². The van der Waals surface area contributed by atoms with E-state index in [9.17, 15) is 0 Å². The van der Waals surface area contributed by atoms with Gasteiger partial charge in [0.2, 0.25) is 0 Å². The Kier molecular flexibility index (Phi) is 3.78. The van der Waals surface area contributed by atoms with Crippen molar-refractivity contribution in [2.45, 2.75) is 38.1 Å². The standard InChI is InChI=1S/C16H21N3O3/c1-10-8-12(20-2)13(21-3)9-11(10)14-18-15(19-22-14)16(17)6-4-5-7-16/h8-9H,4-7,17H2,1-3H3. The van der Waals surface area contributed by atoms with Gasteiger partial charge in [-0.15, -0.1) is 0 Å². The van der Waals surface area contributed by atoms with E-state index in [2.05, 4.69) is 10.1 Å². The molecule has 0 atom stereocenters. The van der Waals surface area contributed by atoms with Crippen LogP contribution in [0.5, 0.6) is 11.5 Å². The van der Waals surface area contributed by atoms with Crippen molar-refractivity contribution in [2.24, 2.45) is 5.73 Å². The highest BCUT2D eigenvalue weighted by atomic mass is 16.5. The lowest BCUT2D eigenvalue weighted by Crippen LogP contribution is -2.34. The van der Waals surface area contributed by atoms with Gasteiger partial charge in [-0.05, 0) is 37.5 Å². The maximum Gasteiger partial charge on any atom is 0.258 e. The number of aromatic nitrogens is 2. The third-order valence-corrected chi connectivity index (χ3v) is 4.33. The fourth-order valence-electron chi connectivity index (χ4n) is 2.98. The zero-order valence-electron chi connectivity index (χ0n) is 13.2. The molecule has 0 spiro atoms. The highest BCUT2D eigenvalue weighted by Crippen LogP contribution is 2.38. The van der Waals surface area contributed by atoms with Crippen LogP contribution in [0.1, 0.15) is 37.1 Å². The molecule has 0 saturated heterocycles. The molecule has 2 N–H and O–H groups in total. The van der Waals surface area contributed by atoms with E-state index in [1.165, 1.54) is 0 Å². The molecule has 118 valence electrons. The quantitative estimate of drug-likeness (QED) is 0.935. The Morgan fingerprint density at radius 2 is 1.77 bits per heavy atom. The molecule has 22 heavy (non-hydrogen) atoms. The number of methoxy groups -OCH3 is 2. The third kappa shape index (κ3) is 2.43. The van der Waals surface area contributed by atoms with Crippen molar-refractivity contribution in [3.8, 4) is 23.0 Å². The number of nitrogens with zero attached hydrogens (tertiary/aromatic N) is 2. The van der Waals surface area contributed by atoms with Gasteiger partial charge in [0.15, 0.2) is 17.3 Å². The Labute approximate surface area is 129 Å². The number of nitrogens with two attached hydrogens (primary N) is 1. The van der Waals surface area contributed by atoms with Crippen LogP contribution in [-0.2, 0) is 5.54 Å². The van der Waals surface area contributed by atoms with Crippen molar-refractivity contribution in [1.29, 1.82) is 0 Å². The highest BCUT2D eigenvalue weighted by molar-refractivity contribution is 5.64. The summed E-state index contributed by atoms with van der Waals surface area (Å²) in [5, 5.41) is 4.10. The molecule has 0 amide bonds. The third-order valence-electron chi connectivity index (χ3n) is 4.33. The lowest BCUT2D eigenvalue weighted by Gasteiger charge is -2.17. The largest absolute Gasteiger partial charge is 0.493 e. The van der Waals surface area contributed by atoms with Crippen LogP contribution in [0.4, 0.5) is 0 Å². The van der Waals surface area contributed by atoms with Crippen LogP contribution >= 0.6 is 0 Å². The van der Waals surface area contributed by atoms with Gasteiger partial charge < -0.3 is 19.7 Å². The second kappa shape index (κ2) is 5.61. The van der Waals surface area contributed by atoms with Gasteiger partial charge in [0.1, 0.15) is 0 Å². The van der Waals surface area contributed by atoms with Gasteiger partial charge in [-0.1, -0.05) is 18.0 Å². The number of rotatable bonds is 4. The number of hydrogen-bond donors (Lipinski definition) is 1. The summed E-state index contributed by atoms with van der Waals surface area (Å²) >= 11 is 0. The predicted molar refractivity (Wildman–Crippen MR) is 81.9 cm³/mol. The van der Waals surface area contributed by atoms with E-state index in [4.69, 9.17) is 19.7 Å². The minimum atomic E-state index is -0.452. The number of ether oxygens (including phenoxy) is 2. The van der Waals surface area contributed by atoms with Crippen LogP contribution in [0.3, 0.4) is 0 Å². The highest BCUT2D eigenvalue weighted by Gasteiger charge is 2.36. The van der Waals surface area contributed by atoms with E-state index < -0.39 is 5.54 Å². The molecule has 1 aliphatic rings. The Hall–Kier alpha value is -2.08. The summed E-state index contributed by atoms with van der Waals surface area (Å²) in [5.41, 5.74) is 7.74. The fraction of sp³-hybridized carbons (Fsp3) is 0.500. The van der Waals surface area contributed by atoms with Crippen LogP contribution in [0, 0.1) is 6.92 Å². The lowest BCUT2D eigenvalue weighted by molar-refractivity contribution is 0.354. The molecule has 0 radical (unpaired) electrons. The molecule has 2 aromatic rings. The predicted octanol–water partition coefficient (Wildman–Crippen LogP) is 2.79. The molecule has 1 aromatic carbocycles. The van der Waals surface area contributed by atoms with Gasteiger partial charge in [-0.25, -0.2) is 0 Å². The number of benzene rings is 1. The van der Waals surface area contributed by atoms with Gasteiger partial charge in [0.05, 0.1) is 19.8 Å². The Morgan fingerprint density at radius 3 is 2.41 bits per heavy atom. The van der Waals surface area contributed by atoms with Gasteiger partial charge in [-0.2, -0.15) is 4.98 Å². The second-order valence-corrected chi connectivity index (χ2v) is 5.81. The van der Waals surface area contributed by atoms with Gasteiger partial charge in [0.25, 0.3) is 5.89 Å². The zero-order chi connectivity index (χ0) is 15.7. The fourth-order valence-corrected chi connectivity index (χ4v) is 2.98. The van der Waals surface area contributed by atoms with Crippen molar-refractivity contribution in [3.63, 3.8) is 0 Å². The molecule has 1 saturated carbocycles. The molecular formula is C16H21N3O3. The SMILES string of the molecule is COc1cc(C)c(-c2nc(C3(N)CCCC3)no2)cc1OC. The van der Waals surface area contributed by atoms with Crippen LogP contribution in [0.15, 0.2) is 16.7 Å². The average molecular weight is 303 g/mol. The first kappa shape index (κ1) is 14.8. The summed E-state index contributed by atoms with van der Waals surface area (Å²) in [6.45, 7) is 1.97. The van der Waals surface area contributed by atoms with E-state index >= 15 is 0 Å². The first-order chi connectivity index (χ1) is 10.6. The molecule has 3 rings (SSSR count). The molecular weight excluding hydrogens is 282 g/mol. The lowest BCUT2D eigenvalue weighted by atomic mass is 9.98. The molecule has 1 aromatic heterocycles. The first-order valence-corrected chi connectivity index (χ1v) is 7.43. The molecule has 6 nitrogen and oxygen atoms in total. The number of aryl methyl sites for hydroxylation is 1. The van der Waals surface area contributed by atoms with E-state index in [1.807, 2.05) is 19.1 Å². The molecule has 0 unspecified atom stereocenters. The minimum Gasteiger partial charge on any atom is -0.493 e. The van der Waals surface area contributed by atoms with Gasteiger partial charge in [0, 0.05) is 5.56 Å². The Morgan fingerprint density at radius 1 is 1.14 bits per heavy atom. The van der Waals surface area contributed by atoms with E-state index in [-0.39, 0.29) is 0 Å². The van der Waals surface area contributed by atoms with E-state index in [0.717, 1.165) is 36.8 Å². The summed E-state index contributed by atoms with van der Waals surface area (Å²) < 4.78 is 16.1. The summed E-state index contributed by atoms with van der Waals surface area (Å²) in [6, 6.07) is 3.75. The Balaban J connectivity index is 2.00. The molecule has 0 bridgehead atoms. The van der Waals surface area contributed by atoms with Crippen LogP contribution in [0.2, 0.25) is 0 Å². The van der Waals surface area contributed by atoms with E-state index in [0.29, 0.717) is 23.2 Å². The Bertz CT molecular complexity index is 675. The van der Waals surface area contributed by atoms with Crippen molar-refractivity contribution in [1.82, 2.24) is 10.1 Å². The molecule has 6 heteroatoms. The molecule has 0 aliphatic heterocycles.